The Bertz CT molecular complexity index is 1750. The first-order chi connectivity index (χ1) is 25.2. The average molecular weight is 708 g/mol. The maximum Gasteiger partial charge on any atom is 0.334 e. The average Bonchev–Trinajstić information content (AvgIpc) is 3.11. The zero-order chi connectivity index (χ0) is 36.4. The summed E-state index contributed by atoms with van der Waals surface area (Å²) in [7, 11) is 2.18. The molecule has 0 saturated carbocycles. The fourth-order valence-corrected chi connectivity index (χ4v) is 8.03. The molecule has 13 nitrogen and oxygen atoms in total. The van der Waals surface area contributed by atoms with Crippen LogP contribution in [0.1, 0.15) is 23.7 Å². The highest BCUT2D eigenvalue weighted by molar-refractivity contribution is 5.91. The molecule has 4 saturated heterocycles. The Kier molecular flexibility index (Phi) is 10.4. The molecule has 7 rings (SSSR count). The number of hydrazine groups is 1. The largest absolute Gasteiger partial charge is 0.508 e. The maximum absolute atomic E-state index is 14.4. The minimum atomic E-state index is -0.865. The van der Waals surface area contributed by atoms with Gasteiger partial charge in [0.1, 0.15) is 23.8 Å². The number of fused-ring (bicyclic) bond motifs is 1. The fraction of sp³-hybridized carbons (Fsp3) is 0.436. The molecule has 274 valence electrons. The van der Waals surface area contributed by atoms with Crippen LogP contribution in [0, 0.1) is 0 Å². The number of piperazine rings is 2. The van der Waals surface area contributed by atoms with E-state index in [-0.39, 0.29) is 56.2 Å². The van der Waals surface area contributed by atoms with Crippen molar-refractivity contribution in [2.24, 2.45) is 0 Å². The lowest BCUT2D eigenvalue weighted by Gasteiger charge is -2.55. The number of phenols is 1. The van der Waals surface area contributed by atoms with Crippen LogP contribution in [0.5, 0.6) is 5.75 Å². The molecule has 1 aromatic heterocycles. The third-order valence-corrected chi connectivity index (χ3v) is 10.7. The van der Waals surface area contributed by atoms with Gasteiger partial charge in [0.15, 0.2) is 0 Å². The lowest BCUT2D eigenvalue weighted by atomic mass is 9.98. The SMILES string of the molecule is C=CCN1CC(=O)N2[C@@H](Cc3ccc(O)cc3)C(=O)N(Cc3cccc(N4CC(N5CCN(C)C[C@@H]5C)C4)n3)C[C@@H]2N1C(=O)NCc1ccccc1. The summed E-state index contributed by atoms with van der Waals surface area (Å²) in [6, 6.07) is 22.0. The number of anilines is 1. The highest BCUT2D eigenvalue weighted by Gasteiger charge is 2.51. The molecule has 52 heavy (non-hydrogen) atoms. The van der Waals surface area contributed by atoms with E-state index in [9.17, 15) is 19.5 Å². The summed E-state index contributed by atoms with van der Waals surface area (Å²) in [5.41, 5.74) is 2.48. The van der Waals surface area contributed by atoms with Gasteiger partial charge in [-0.05, 0) is 49.4 Å². The van der Waals surface area contributed by atoms with Crippen molar-refractivity contribution in [1.82, 2.24) is 39.9 Å². The number of hydrogen-bond donors (Lipinski definition) is 2. The van der Waals surface area contributed by atoms with Crippen molar-refractivity contribution in [1.29, 1.82) is 0 Å². The van der Waals surface area contributed by atoms with Crippen LogP contribution < -0.4 is 10.2 Å². The van der Waals surface area contributed by atoms with E-state index < -0.39 is 12.2 Å². The number of rotatable bonds is 10. The lowest BCUT2D eigenvalue weighted by Crippen LogP contribution is -2.76. The highest BCUT2D eigenvalue weighted by Crippen LogP contribution is 2.30. The summed E-state index contributed by atoms with van der Waals surface area (Å²) in [4.78, 5) is 58.0. The number of likely N-dealkylation sites (N-methyl/N-ethyl adjacent to an activating group) is 1. The molecule has 4 aliphatic heterocycles. The molecule has 0 aliphatic carbocycles. The van der Waals surface area contributed by atoms with Crippen molar-refractivity contribution in [3.8, 4) is 5.75 Å². The third-order valence-electron chi connectivity index (χ3n) is 10.7. The smallest absolute Gasteiger partial charge is 0.334 e. The molecule has 3 atom stereocenters. The Morgan fingerprint density at radius 1 is 0.962 bits per heavy atom. The minimum absolute atomic E-state index is 0.0754. The molecule has 0 unspecified atom stereocenters. The molecule has 2 N–H and O–H groups in total. The van der Waals surface area contributed by atoms with Crippen LogP contribution in [0.4, 0.5) is 10.6 Å². The predicted octanol–water partition coefficient (Wildman–Crippen LogP) is 2.35. The number of urea groups is 1. The van der Waals surface area contributed by atoms with E-state index in [0.717, 1.165) is 55.4 Å². The lowest BCUT2D eigenvalue weighted by molar-refractivity contribution is -0.189. The number of carbonyl (C=O) groups is 3. The second kappa shape index (κ2) is 15.3. The quantitative estimate of drug-likeness (QED) is 0.307. The Morgan fingerprint density at radius 3 is 2.46 bits per heavy atom. The molecule has 0 spiro atoms. The Labute approximate surface area is 305 Å². The van der Waals surface area contributed by atoms with E-state index in [2.05, 4.69) is 40.6 Å². The Morgan fingerprint density at radius 2 is 1.73 bits per heavy atom. The monoisotopic (exact) mass is 707 g/mol. The molecule has 4 amide bonds. The van der Waals surface area contributed by atoms with Gasteiger partial charge in [-0.25, -0.2) is 19.8 Å². The predicted molar refractivity (Wildman–Crippen MR) is 198 cm³/mol. The van der Waals surface area contributed by atoms with Gasteiger partial charge in [0.25, 0.3) is 0 Å². The van der Waals surface area contributed by atoms with Crippen LogP contribution in [0.2, 0.25) is 0 Å². The molecule has 4 aliphatic rings. The van der Waals surface area contributed by atoms with Crippen molar-refractivity contribution >= 4 is 23.7 Å². The Balaban J connectivity index is 1.13. The van der Waals surface area contributed by atoms with Gasteiger partial charge in [-0.2, -0.15) is 0 Å². The molecule has 13 heteroatoms. The van der Waals surface area contributed by atoms with Gasteiger partial charge in [0, 0.05) is 64.3 Å². The summed E-state index contributed by atoms with van der Waals surface area (Å²) in [5, 5.41) is 16.2. The van der Waals surface area contributed by atoms with Crippen molar-refractivity contribution in [3.05, 3.63) is 102 Å². The van der Waals surface area contributed by atoms with E-state index in [0.29, 0.717) is 18.6 Å². The first kappa shape index (κ1) is 35.4. The summed E-state index contributed by atoms with van der Waals surface area (Å²) in [6.45, 7) is 12.1. The molecule has 3 aromatic rings. The van der Waals surface area contributed by atoms with Crippen molar-refractivity contribution in [2.45, 2.75) is 50.7 Å². The second-order valence-electron chi connectivity index (χ2n) is 14.4. The van der Waals surface area contributed by atoms with Crippen LogP contribution in [0.15, 0.2) is 85.5 Å². The number of hydrogen-bond acceptors (Lipinski definition) is 9. The standard InChI is InChI=1S/C39H49N9O4/c1-4-17-45-27-37(50)47-34(20-29-13-15-33(49)16-14-29)38(51)44(26-36(47)48(45)39(52)40-21-30-9-6-5-7-10-30)23-31-11-8-12-35(41-31)43-24-32(25-43)46-19-18-42(3)22-28(46)2/h4-16,28,32,34,36,49H,1,17-27H2,2-3H3,(H,40,52)/t28-,34-,36-/m0/s1. The number of pyridine rings is 1. The van der Waals surface area contributed by atoms with Crippen LogP contribution >= 0.6 is 0 Å². The van der Waals surface area contributed by atoms with Crippen LogP contribution in [-0.4, -0.2) is 141 Å². The number of aromatic nitrogens is 1. The topological polar surface area (TPSA) is 119 Å². The second-order valence-corrected chi connectivity index (χ2v) is 14.4. The third kappa shape index (κ3) is 7.48. The molecular formula is C39H49N9O4. The van der Waals surface area contributed by atoms with Crippen LogP contribution in [0.25, 0.3) is 0 Å². The summed E-state index contributed by atoms with van der Waals surface area (Å²) in [5.74, 6) is 0.554. The highest BCUT2D eigenvalue weighted by atomic mass is 16.3. The zero-order valence-corrected chi connectivity index (χ0v) is 30.0. The number of aromatic hydroxyl groups is 1. The number of phenolic OH excluding ortho intramolecular Hbond substituents is 1. The number of amides is 4. The van der Waals surface area contributed by atoms with Gasteiger partial charge in [0.05, 0.1) is 25.3 Å². The molecule has 2 aromatic carbocycles. The minimum Gasteiger partial charge on any atom is -0.508 e. The van der Waals surface area contributed by atoms with E-state index >= 15 is 0 Å². The molecule has 5 heterocycles. The summed E-state index contributed by atoms with van der Waals surface area (Å²) >= 11 is 0. The van der Waals surface area contributed by atoms with Gasteiger partial charge >= 0.3 is 6.03 Å². The first-order valence-electron chi connectivity index (χ1n) is 18.2. The Hall–Kier alpha value is -4.98. The van der Waals surface area contributed by atoms with Gasteiger partial charge < -0.3 is 30.0 Å². The fourth-order valence-electron chi connectivity index (χ4n) is 8.03. The van der Waals surface area contributed by atoms with Crippen LogP contribution in [0.3, 0.4) is 0 Å². The molecule has 0 radical (unpaired) electrons. The van der Waals surface area contributed by atoms with Gasteiger partial charge in [-0.1, -0.05) is 54.6 Å². The first-order valence-corrected chi connectivity index (χ1v) is 18.2. The van der Waals surface area contributed by atoms with Crippen molar-refractivity contribution in [3.63, 3.8) is 0 Å². The number of nitrogens with one attached hydrogen (secondary N) is 1. The van der Waals surface area contributed by atoms with E-state index in [4.69, 9.17) is 4.98 Å². The summed E-state index contributed by atoms with van der Waals surface area (Å²) < 4.78 is 0. The number of nitrogens with zero attached hydrogens (tertiary/aromatic N) is 8. The van der Waals surface area contributed by atoms with Gasteiger partial charge in [0.2, 0.25) is 11.8 Å². The van der Waals surface area contributed by atoms with Crippen LogP contribution in [-0.2, 0) is 29.1 Å². The maximum atomic E-state index is 14.4. The molecular weight excluding hydrogens is 658 g/mol. The summed E-state index contributed by atoms with van der Waals surface area (Å²) in [6.07, 6.45) is 1.13. The van der Waals surface area contributed by atoms with Gasteiger partial charge in [-0.15, -0.1) is 6.58 Å². The number of carbonyl (C=O) groups excluding carboxylic acids is 3. The number of benzene rings is 2. The van der Waals surface area contributed by atoms with E-state index in [1.165, 1.54) is 0 Å². The molecule has 4 fully saturated rings. The van der Waals surface area contributed by atoms with E-state index in [1.54, 1.807) is 50.2 Å². The normalized spacial score (nSPS) is 23.4. The van der Waals surface area contributed by atoms with Gasteiger partial charge in [-0.3, -0.25) is 14.5 Å². The van der Waals surface area contributed by atoms with Crippen molar-refractivity contribution < 1.29 is 19.5 Å². The van der Waals surface area contributed by atoms with Crippen molar-refractivity contribution in [2.75, 3.05) is 64.3 Å². The zero-order valence-electron chi connectivity index (χ0n) is 30.0. The van der Waals surface area contributed by atoms with E-state index in [1.807, 2.05) is 48.5 Å². The molecule has 0 bridgehead atoms.